The monoisotopic (exact) mass is 251 g/mol. The summed E-state index contributed by atoms with van der Waals surface area (Å²) in [6.45, 7) is 1.80. The lowest BCUT2D eigenvalue weighted by Crippen LogP contribution is -2.00. The highest BCUT2D eigenvalue weighted by Crippen LogP contribution is 2.32. The highest BCUT2D eigenvalue weighted by atomic mass is 16.1. The van der Waals surface area contributed by atoms with Crippen LogP contribution < -0.4 is 11.0 Å². The standard InChI is InChI=1S/C15H13N3O/c19-15-17-13-6-2-5-11(14(13)18-15)10-4-1-3-9-7-16-8-12(9)10/h1-6,16H,7-8H2,(H2,17,18,19). The average molecular weight is 251 g/mol. The predicted molar refractivity (Wildman–Crippen MR) is 74.9 cm³/mol. The number of hydrogen-bond donors (Lipinski definition) is 3. The third-order valence-electron chi connectivity index (χ3n) is 3.73. The summed E-state index contributed by atoms with van der Waals surface area (Å²) in [6.07, 6.45) is 0. The maximum atomic E-state index is 11.5. The van der Waals surface area contributed by atoms with Crippen molar-refractivity contribution in [2.24, 2.45) is 0 Å². The summed E-state index contributed by atoms with van der Waals surface area (Å²) in [5.41, 5.74) is 6.52. The number of benzene rings is 2. The van der Waals surface area contributed by atoms with Crippen LogP contribution in [0.15, 0.2) is 41.2 Å². The topological polar surface area (TPSA) is 60.7 Å². The zero-order valence-corrected chi connectivity index (χ0v) is 10.3. The minimum atomic E-state index is -0.159. The summed E-state index contributed by atoms with van der Waals surface area (Å²) in [4.78, 5) is 17.2. The maximum absolute atomic E-state index is 11.5. The molecule has 1 aliphatic rings. The molecule has 0 unspecified atom stereocenters. The molecule has 4 nitrogen and oxygen atoms in total. The fourth-order valence-electron chi connectivity index (χ4n) is 2.87. The fraction of sp³-hybridized carbons (Fsp3) is 0.133. The maximum Gasteiger partial charge on any atom is 0.323 e. The second-order valence-corrected chi connectivity index (χ2v) is 4.85. The zero-order chi connectivity index (χ0) is 12.8. The van der Waals surface area contributed by atoms with Gasteiger partial charge in [-0.25, -0.2) is 4.79 Å². The Hall–Kier alpha value is -2.33. The highest BCUT2D eigenvalue weighted by molar-refractivity contribution is 5.92. The lowest BCUT2D eigenvalue weighted by molar-refractivity contribution is 0.765. The van der Waals surface area contributed by atoms with Gasteiger partial charge >= 0.3 is 5.69 Å². The Labute approximate surface area is 109 Å². The van der Waals surface area contributed by atoms with Crippen LogP contribution in [0.4, 0.5) is 0 Å². The molecule has 0 atom stereocenters. The van der Waals surface area contributed by atoms with Crippen LogP contribution in [0.5, 0.6) is 0 Å². The molecule has 0 bridgehead atoms. The molecule has 0 spiro atoms. The molecule has 0 saturated heterocycles. The summed E-state index contributed by atoms with van der Waals surface area (Å²) in [6, 6.07) is 12.3. The number of aromatic amines is 2. The molecule has 3 aromatic rings. The minimum Gasteiger partial charge on any atom is -0.309 e. The third kappa shape index (κ3) is 1.54. The van der Waals surface area contributed by atoms with E-state index in [4.69, 9.17) is 0 Å². The Morgan fingerprint density at radius 3 is 2.68 bits per heavy atom. The molecule has 94 valence electrons. The number of aromatic nitrogens is 2. The Morgan fingerprint density at radius 1 is 0.895 bits per heavy atom. The first-order valence-corrected chi connectivity index (χ1v) is 6.36. The molecule has 0 saturated carbocycles. The molecule has 0 fully saturated rings. The van der Waals surface area contributed by atoms with E-state index >= 15 is 0 Å². The van der Waals surface area contributed by atoms with E-state index in [-0.39, 0.29) is 5.69 Å². The Balaban J connectivity index is 2.06. The number of nitrogens with one attached hydrogen (secondary N) is 3. The first kappa shape index (κ1) is 10.6. The van der Waals surface area contributed by atoms with Crippen molar-refractivity contribution in [3.05, 3.63) is 58.0 Å². The van der Waals surface area contributed by atoms with Gasteiger partial charge in [0.2, 0.25) is 0 Å². The van der Waals surface area contributed by atoms with E-state index in [0.717, 1.165) is 29.7 Å². The van der Waals surface area contributed by atoms with Crippen molar-refractivity contribution in [1.29, 1.82) is 0 Å². The SMILES string of the molecule is O=c1[nH]c2cccc(-c3cccc4c3CNC4)c2[nH]1. The lowest BCUT2D eigenvalue weighted by Gasteiger charge is -2.08. The summed E-state index contributed by atoms with van der Waals surface area (Å²) >= 11 is 0. The van der Waals surface area contributed by atoms with E-state index in [1.807, 2.05) is 12.1 Å². The second-order valence-electron chi connectivity index (χ2n) is 4.85. The second kappa shape index (κ2) is 3.83. The van der Waals surface area contributed by atoms with Gasteiger partial charge in [-0.05, 0) is 22.8 Å². The average Bonchev–Trinajstić information content (AvgIpc) is 3.02. The van der Waals surface area contributed by atoms with Crippen LogP contribution in [-0.2, 0) is 13.1 Å². The van der Waals surface area contributed by atoms with Crippen molar-refractivity contribution in [3.8, 4) is 11.1 Å². The van der Waals surface area contributed by atoms with E-state index in [1.54, 1.807) is 0 Å². The summed E-state index contributed by atoms with van der Waals surface area (Å²) in [7, 11) is 0. The Bertz CT molecular complexity index is 829. The number of fused-ring (bicyclic) bond motifs is 2. The van der Waals surface area contributed by atoms with Crippen LogP contribution in [0.25, 0.3) is 22.2 Å². The van der Waals surface area contributed by atoms with E-state index in [9.17, 15) is 4.79 Å². The zero-order valence-electron chi connectivity index (χ0n) is 10.3. The number of H-pyrrole nitrogens is 2. The lowest BCUT2D eigenvalue weighted by atomic mass is 9.96. The fourth-order valence-corrected chi connectivity index (χ4v) is 2.87. The highest BCUT2D eigenvalue weighted by Gasteiger charge is 2.16. The molecule has 2 heterocycles. The molecular weight excluding hydrogens is 238 g/mol. The molecule has 1 aliphatic heterocycles. The van der Waals surface area contributed by atoms with Crippen molar-refractivity contribution in [3.63, 3.8) is 0 Å². The molecule has 4 rings (SSSR count). The molecule has 0 radical (unpaired) electrons. The van der Waals surface area contributed by atoms with Crippen molar-refractivity contribution in [2.45, 2.75) is 13.1 Å². The van der Waals surface area contributed by atoms with E-state index < -0.39 is 0 Å². The van der Waals surface area contributed by atoms with Crippen LogP contribution in [0, 0.1) is 0 Å². The predicted octanol–water partition coefficient (Wildman–Crippen LogP) is 2.13. The Kier molecular flexibility index (Phi) is 2.13. The van der Waals surface area contributed by atoms with E-state index in [2.05, 4.69) is 39.6 Å². The Morgan fingerprint density at radius 2 is 1.74 bits per heavy atom. The van der Waals surface area contributed by atoms with E-state index in [0.29, 0.717) is 0 Å². The number of para-hydroxylation sites is 1. The van der Waals surface area contributed by atoms with Gasteiger partial charge in [0.05, 0.1) is 11.0 Å². The largest absolute Gasteiger partial charge is 0.323 e. The summed E-state index contributed by atoms with van der Waals surface area (Å²) in [5.74, 6) is 0. The van der Waals surface area contributed by atoms with Gasteiger partial charge in [-0.2, -0.15) is 0 Å². The van der Waals surface area contributed by atoms with Gasteiger partial charge in [0.1, 0.15) is 0 Å². The molecule has 0 aliphatic carbocycles. The first-order valence-electron chi connectivity index (χ1n) is 6.36. The van der Waals surface area contributed by atoms with E-state index in [1.165, 1.54) is 16.7 Å². The van der Waals surface area contributed by atoms with Crippen LogP contribution >= 0.6 is 0 Å². The molecule has 3 N–H and O–H groups in total. The van der Waals surface area contributed by atoms with Crippen molar-refractivity contribution < 1.29 is 0 Å². The smallest absolute Gasteiger partial charge is 0.309 e. The van der Waals surface area contributed by atoms with Gasteiger partial charge in [-0.3, -0.25) is 0 Å². The van der Waals surface area contributed by atoms with Gasteiger partial charge in [-0.15, -0.1) is 0 Å². The summed E-state index contributed by atoms with van der Waals surface area (Å²) in [5, 5.41) is 3.37. The molecule has 0 amide bonds. The van der Waals surface area contributed by atoms with Gasteiger partial charge < -0.3 is 15.3 Å². The minimum absolute atomic E-state index is 0.159. The number of imidazole rings is 1. The van der Waals surface area contributed by atoms with Gasteiger partial charge in [0, 0.05) is 18.7 Å². The first-order chi connectivity index (χ1) is 9.33. The normalized spacial score (nSPS) is 13.9. The van der Waals surface area contributed by atoms with Crippen LogP contribution in [-0.4, -0.2) is 9.97 Å². The quantitative estimate of drug-likeness (QED) is 0.620. The van der Waals surface area contributed by atoms with Gasteiger partial charge in [-0.1, -0.05) is 30.3 Å². The van der Waals surface area contributed by atoms with Gasteiger partial charge in [0.15, 0.2) is 0 Å². The third-order valence-corrected chi connectivity index (χ3v) is 3.73. The van der Waals surface area contributed by atoms with Crippen LogP contribution in [0.1, 0.15) is 11.1 Å². The van der Waals surface area contributed by atoms with Crippen LogP contribution in [0.3, 0.4) is 0 Å². The molecule has 1 aromatic heterocycles. The molecular formula is C15H13N3O. The molecule has 19 heavy (non-hydrogen) atoms. The van der Waals surface area contributed by atoms with Crippen LogP contribution in [0.2, 0.25) is 0 Å². The van der Waals surface area contributed by atoms with Crippen molar-refractivity contribution in [2.75, 3.05) is 0 Å². The number of hydrogen-bond acceptors (Lipinski definition) is 2. The van der Waals surface area contributed by atoms with Crippen molar-refractivity contribution >= 4 is 11.0 Å². The summed E-state index contributed by atoms with van der Waals surface area (Å²) < 4.78 is 0. The molecule has 4 heteroatoms. The molecule has 2 aromatic carbocycles. The van der Waals surface area contributed by atoms with Gasteiger partial charge in [0.25, 0.3) is 0 Å². The van der Waals surface area contributed by atoms with Crippen molar-refractivity contribution in [1.82, 2.24) is 15.3 Å². The number of rotatable bonds is 1.